The second-order valence-electron chi connectivity index (χ2n) is 1.91. The summed E-state index contributed by atoms with van der Waals surface area (Å²) in [5.41, 5.74) is 27.9. The molecule has 0 aliphatic heterocycles. The molecule has 0 unspecified atom stereocenters. The Kier molecular flexibility index (Phi) is 72.6. The van der Waals surface area contributed by atoms with Gasteiger partial charge >= 0.3 is 0 Å². The Morgan fingerprint density at radius 3 is 0.360 bits per heavy atom. The third-order valence-corrected chi connectivity index (χ3v) is 0. The van der Waals surface area contributed by atoms with Crippen molar-refractivity contribution in [3.63, 3.8) is 0 Å². The van der Waals surface area contributed by atoms with Gasteiger partial charge in [-0.2, -0.15) is 0 Å². The summed E-state index contributed by atoms with van der Waals surface area (Å²) in [5.74, 6) is 0. The van der Waals surface area contributed by atoms with Crippen molar-refractivity contribution in [3.05, 3.63) is 0 Å². The topological polar surface area (TPSA) is 156 Å². The van der Waals surface area contributed by atoms with Gasteiger partial charge in [0.05, 0.1) is 0 Å². The second kappa shape index (κ2) is 40.1. The maximum atomic E-state index is 4.66. The largest absolute Gasteiger partial charge is 0.415 e. The first-order valence-corrected chi connectivity index (χ1v) is 9.08. The van der Waals surface area contributed by atoms with Crippen molar-refractivity contribution >= 4 is 175 Å². The van der Waals surface area contributed by atoms with Crippen LogP contribution in [0.2, 0.25) is 0 Å². The Morgan fingerprint density at radius 1 is 0.360 bits per heavy atom. The fourth-order valence-corrected chi connectivity index (χ4v) is 0. The Hall–Kier alpha value is 1.35. The molecule has 0 atom stereocenters. The Morgan fingerprint density at radius 2 is 0.360 bits per heavy atom. The van der Waals surface area contributed by atoms with Crippen LogP contribution in [-0.2, 0) is 96.8 Å². The molecule has 0 fully saturated rings. The zero-order valence-electron chi connectivity index (χ0n) is 11.8. The van der Waals surface area contributed by atoms with Gasteiger partial charge in [-0.3, -0.25) is 0 Å². The van der Waals surface area contributed by atoms with Gasteiger partial charge in [0.25, 0.3) is 0 Å². The minimum Gasteiger partial charge on any atom is -0.415 e. The van der Waals surface area contributed by atoms with E-state index in [-0.39, 0.29) is 47.0 Å². The number of nitrogens with two attached hydrogens (primary N) is 6. The normalized spacial score (nSPS) is 5.76. The van der Waals surface area contributed by atoms with E-state index in [0.29, 0.717) is 0 Å². The van der Waals surface area contributed by atoms with E-state index in [9.17, 15) is 0 Å². The molecule has 19 heteroatoms. The van der Waals surface area contributed by atoms with E-state index in [1.165, 1.54) is 0 Å². The van der Waals surface area contributed by atoms with E-state index < -0.39 is 0 Å². The first-order valence-electron chi connectivity index (χ1n) is 4.18. The SMILES string of the molecule is NC(=S)[S-].NC(=S)[S-].NC(=S)[S-].NC(=S)[S-].NC(=S)[S-].NC(=S)[S-].[W]. The first-order chi connectivity index (χ1) is 10.4. The monoisotopic (exact) mass is 736 g/mol. The fourth-order valence-electron chi connectivity index (χ4n) is 0. The van der Waals surface area contributed by atoms with Crippen LogP contribution in [0.5, 0.6) is 0 Å². The standard InChI is InChI=1S/6CH3NS2.W/c6*2-1(3)4;/h6*(H3,2,3,4);/p-6. The van der Waals surface area contributed by atoms with Crippen LogP contribution in [0, 0.1) is 0 Å². The molecule has 0 aromatic rings. The van der Waals surface area contributed by atoms with E-state index in [1.807, 2.05) is 0 Å². The van der Waals surface area contributed by atoms with E-state index >= 15 is 0 Å². The van der Waals surface area contributed by atoms with Gasteiger partial charge in [-0.1, -0.05) is 25.9 Å². The third-order valence-electron chi connectivity index (χ3n) is 0. The maximum Gasteiger partial charge on any atom is 0 e. The molecule has 0 aromatic carbocycles. The fraction of sp³-hybridized carbons (Fsp3) is 0. The van der Waals surface area contributed by atoms with Gasteiger partial charge in [-0.15, -0.1) is 0 Å². The van der Waals surface area contributed by atoms with Crippen LogP contribution in [0.15, 0.2) is 0 Å². The average Bonchev–Trinajstić information content (AvgIpc) is 2.08. The van der Waals surface area contributed by atoms with Gasteiger partial charge in [-0.05, 0) is 0 Å². The molecule has 150 valence electrons. The molecule has 0 radical (unpaired) electrons. The molecule has 25 heavy (non-hydrogen) atoms. The molecule has 0 rings (SSSR count). The first kappa shape index (κ1) is 45.2. The van der Waals surface area contributed by atoms with Gasteiger partial charge in [0.1, 0.15) is 0 Å². The summed E-state index contributed by atoms with van der Waals surface area (Å²) in [6.07, 6.45) is 0. The van der Waals surface area contributed by atoms with Crippen LogP contribution in [0.4, 0.5) is 0 Å². The minimum atomic E-state index is 0. The summed E-state index contributed by atoms with van der Waals surface area (Å²) in [4.78, 5) is 0. The number of hydrogen-bond donors (Lipinski definition) is 6. The van der Waals surface area contributed by atoms with E-state index in [4.69, 9.17) is 0 Å². The van der Waals surface area contributed by atoms with Gasteiger partial charge in [0, 0.05) is 21.1 Å². The number of hydrogen-bond acceptors (Lipinski definition) is 12. The summed E-state index contributed by atoms with van der Waals surface area (Å²) in [6.45, 7) is 0. The predicted molar refractivity (Wildman–Crippen MR) is 145 cm³/mol. The second-order valence-corrected chi connectivity index (χ2v) is 8.74. The van der Waals surface area contributed by atoms with Gasteiger partial charge in [-0.25, -0.2) is 0 Å². The summed E-state index contributed by atoms with van der Waals surface area (Å²) in [7, 11) is 0. The van der Waals surface area contributed by atoms with Crippen molar-refractivity contribution in [1.29, 1.82) is 0 Å². The van der Waals surface area contributed by atoms with E-state index in [1.54, 1.807) is 0 Å². The van der Waals surface area contributed by atoms with Crippen LogP contribution >= 0.6 is 73.3 Å². The molecule has 0 aliphatic carbocycles. The molecule has 0 saturated heterocycles. The van der Waals surface area contributed by atoms with Crippen molar-refractivity contribution in [1.82, 2.24) is 0 Å². The Balaban J connectivity index is -0.0000000309. The summed E-state index contributed by atoms with van der Waals surface area (Å²) >= 11 is 49.6. The van der Waals surface area contributed by atoms with Crippen molar-refractivity contribution < 1.29 is 21.1 Å². The average molecular weight is 737 g/mol. The summed E-state index contributed by atoms with van der Waals surface area (Å²) in [5, 5.41) is 0. The van der Waals surface area contributed by atoms with Crippen LogP contribution in [0.3, 0.4) is 0 Å². The van der Waals surface area contributed by atoms with Crippen LogP contribution in [-0.4, -0.2) is 25.9 Å². The molecular formula is C6H12N6S12W-6. The van der Waals surface area contributed by atoms with E-state index in [0.717, 1.165) is 0 Å². The van der Waals surface area contributed by atoms with Gasteiger partial charge < -0.3 is 183 Å². The van der Waals surface area contributed by atoms with Crippen molar-refractivity contribution in [2.75, 3.05) is 0 Å². The van der Waals surface area contributed by atoms with Gasteiger partial charge in [0.15, 0.2) is 0 Å². The number of thiocarbonyl (C=S) groups is 6. The Labute approximate surface area is 227 Å². The molecular weight excluding hydrogens is 725 g/mol. The Bertz CT molecular complexity index is 273. The van der Waals surface area contributed by atoms with Crippen LogP contribution in [0.25, 0.3) is 0 Å². The molecule has 0 heterocycles. The van der Waals surface area contributed by atoms with Gasteiger partial charge in [0.2, 0.25) is 0 Å². The third kappa shape index (κ3) is 7600. The molecule has 0 amide bonds. The van der Waals surface area contributed by atoms with Crippen LogP contribution in [0.1, 0.15) is 0 Å². The van der Waals surface area contributed by atoms with Crippen LogP contribution < -0.4 is 34.4 Å². The maximum absolute atomic E-state index is 4.66. The van der Waals surface area contributed by atoms with Crippen molar-refractivity contribution in [2.24, 2.45) is 34.4 Å². The zero-order valence-corrected chi connectivity index (χ0v) is 24.5. The smallest absolute Gasteiger partial charge is 0 e. The van der Waals surface area contributed by atoms with Crippen molar-refractivity contribution in [2.45, 2.75) is 0 Å². The minimum absolute atomic E-state index is 0. The summed E-state index contributed by atoms with van der Waals surface area (Å²) in [6, 6.07) is 0. The molecule has 6 nitrogen and oxygen atoms in total. The molecule has 12 N–H and O–H groups in total. The molecule has 0 spiro atoms. The zero-order chi connectivity index (χ0) is 21.5. The van der Waals surface area contributed by atoms with E-state index in [2.05, 4.69) is 183 Å². The predicted octanol–water partition coefficient (Wildman–Crippen LogP) is -1.34. The molecule has 0 aliphatic rings. The van der Waals surface area contributed by atoms with Crippen molar-refractivity contribution in [3.8, 4) is 0 Å². The summed E-state index contributed by atoms with van der Waals surface area (Å²) < 4.78 is 0.500. The molecule has 0 bridgehead atoms. The molecule has 0 aromatic heterocycles. The molecule has 0 saturated carbocycles. The number of rotatable bonds is 0. The quantitative estimate of drug-likeness (QED) is 0.128.